The van der Waals surface area contributed by atoms with Crippen molar-refractivity contribution in [3.8, 4) is 0 Å². The fourth-order valence-electron chi connectivity index (χ4n) is 2.29. The van der Waals surface area contributed by atoms with Crippen LogP contribution in [0.5, 0.6) is 0 Å². The Labute approximate surface area is 157 Å². The molecule has 138 valence electrons. The van der Waals surface area contributed by atoms with E-state index in [2.05, 4.69) is 5.32 Å². The normalized spacial score (nSPS) is 10.5. The lowest BCUT2D eigenvalue weighted by molar-refractivity contribution is 0.0863. The van der Waals surface area contributed by atoms with Gasteiger partial charge in [0, 0.05) is 23.0 Å². The second kappa shape index (κ2) is 8.01. The number of pyridine rings is 1. The molecule has 5 nitrogen and oxygen atoms in total. The number of halogens is 3. The Balaban J connectivity index is 1.76. The van der Waals surface area contributed by atoms with Gasteiger partial charge in [-0.3, -0.25) is 9.59 Å². The molecule has 1 aromatic heterocycles. The van der Waals surface area contributed by atoms with E-state index in [1.54, 1.807) is 24.3 Å². The molecule has 0 fully saturated rings. The van der Waals surface area contributed by atoms with Gasteiger partial charge in [0.05, 0.1) is 0 Å². The van der Waals surface area contributed by atoms with E-state index < -0.39 is 23.1 Å². The van der Waals surface area contributed by atoms with Crippen LogP contribution in [0.25, 0.3) is 0 Å². The van der Waals surface area contributed by atoms with Crippen LogP contribution in [0.15, 0.2) is 65.6 Å². The van der Waals surface area contributed by atoms with Crippen LogP contribution >= 0.6 is 11.6 Å². The Morgan fingerprint density at radius 2 is 1.89 bits per heavy atom. The highest BCUT2D eigenvalue weighted by molar-refractivity contribution is 6.30. The SMILES string of the molecule is O=C(Nc1ccc(F)c(F)c1)c1cccn(OCc2cccc(Cl)c2)c1=O. The molecular weight excluding hydrogens is 378 g/mol. The minimum absolute atomic E-state index is 0.0218. The maximum Gasteiger partial charge on any atom is 0.295 e. The second-order valence-electron chi connectivity index (χ2n) is 5.54. The molecule has 0 aliphatic carbocycles. The molecule has 0 saturated carbocycles. The Bertz CT molecular complexity index is 1050. The van der Waals surface area contributed by atoms with E-state index in [1.807, 2.05) is 0 Å². The summed E-state index contributed by atoms with van der Waals surface area (Å²) in [6.45, 7) is 0.0642. The molecule has 0 unspecified atom stereocenters. The number of anilines is 1. The summed E-state index contributed by atoms with van der Waals surface area (Å²) in [7, 11) is 0. The largest absolute Gasteiger partial charge is 0.406 e. The van der Waals surface area contributed by atoms with Crippen LogP contribution in [-0.2, 0) is 6.61 Å². The van der Waals surface area contributed by atoms with Crippen LogP contribution in [0, 0.1) is 11.6 Å². The molecule has 3 aromatic rings. The van der Waals surface area contributed by atoms with Crippen molar-refractivity contribution < 1.29 is 18.4 Å². The predicted octanol–water partition coefficient (Wildman–Crippen LogP) is 3.66. The fraction of sp³-hybridized carbons (Fsp3) is 0.0526. The number of carbonyl (C=O) groups is 1. The molecule has 2 aromatic carbocycles. The first-order valence-electron chi connectivity index (χ1n) is 7.80. The number of aromatic nitrogens is 1. The molecule has 3 rings (SSSR count). The van der Waals surface area contributed by atoms with Crippen molar-refractivity contribution in [1.82, 2.24) is 4.73 Å². The zero-order valence-corrected chi connectivity index (χ0v) is 14.5. The van der Waals surface area contributed by atoms with Gasteiger partial charge in [0.2, 0.25) is 0 Å². The van der Waals surface area contributed by atoms with Crippen molar-refractivity contribution in [2.24, 2.45) is 0 Å². The van der Waals surface area contributed by atoms with Crippen molar-refractivity contribution in [2.45, 2.75) is 6.61 Å². The second-order valence-corrected chi connectivity index (χ2v) is 5.98. The molecule has 1 amide bonds. The summed E-state index contributed by atoms with van der Waals surface area (Å²) < 4.78 is 27.1. The third-order valence-corrected chi connectivity index (χ3v) is 3.83. The Kier molecular flexibility index (Phi) is 5.52. The van der Waals surface area contributed by atoms with Gasteiger partial charge in [-0.05, 0) is 42.0 Å². The summed E-state index contributed by atoms with van der Waals surface area (Å²) in [5.41, 5.74) is -0.146. The maximum atomic E-state index is 13.2. The number of nitrogens with zero attached hydrogens (tertiary/aromatic N) is 1. The molecule has 0 radical (unpaired) electrons. The van der Waals surface area contributed by atoms with E-state index in [1.165, 1.54) is 24.4 Å². The molecule has 0 spiro atoms. The number of amides is 1. The molecular formula is C19H13ClF2N2O3. The van der Waals surface area contributed by atoms with Gasteiger partial charge in [0.15, 0.2) is 11.6 Å². The summed E-state index contributed by atoms with van der Waals surface area (Å²) in [5.74, 6) is -2.92. The van der Waals surface area contributed by atoms with E-state index in [0.29, 0.717) is 5.02 Å². The van der Waals surface area contributed by atoms with Gasteiger partial charge < -0.3 is 10.2 Å². The van der Waals surface area contributed by atoms with Gasteiger partial charge in [-0.2, -0.15) is 4.73 Å². The van der Waals surface area contributed by atoms with Gasteiger partial charge in [0.25, 0.3) is 11.5 Å². The zero-order chi connectivity index (χ0) is 19.4. The third kappa shape index (κ3) is 4.51. The lowest BCUT2D eigenvalue weighted by Crippen LogP contribution is -2.32. The highest BCUT2D eigenvalue weighted by atomic mass is 35.5. The Morgan fingerprint density at radius 3 is 2.63 bits per heavy atom. The van der Waals surface area contributed by atoms with Crippen molar-refractivity contribution in [1.29, 1.82) is 0 Å². The number of rotatable bonds is 5. The maximum absolute atomic E-state index is 13.2. The summed E-state index contributed by atoms with van der Waals surface area (Å²) in [6, 6.07) is 12.6. The van der Waals surface area contributed by atoms with Gasteiger partial charge in [0.1, 0.15) is 12.2 Å². The summed E-state index contributed by atoms with van der Waals surface area (Å²) in [6.07, 6.45) is 1.36. The number of nitrogens with one attached hydrogen (secondary N) is 1. The van der Waals surface area contributed by atoms with Crippen LogP contribution in [0.4, 0.5) is 14.5 Å². The van der Waals surface area contributed by atoms with Crippen molar-refractivity contribution in [3.05, 3.63) is 98.9 Å². The Morgan fingerprint density at radius 1 is 1.07 bits per heavy atom. The molecule has 0 bridgehead atoms. The Hall–Kier alpha value is -3.19. The summed E-state index contributed by atoms with van der Waals surface area (Å²) in [5, 5.41) is 2.87. The minimum Gasteiger partial charge on any atom is -0.406 e. The number of hydrogen-bond donors (Lipinski definition) is 1. The van der Waals surface area contributed by atoms with Gasteiger partial charge in [-0.25, -0.2) is 8.78 Å². The average Bonchev–Trinajstić information content (AvgIpc) is 2.64. The smallest absolute Gasteiger partial charge is 0.295 e. The molecule has 0 atom stereocenters. The molecule has 8 heteroatoms. The fourth-order valence-corrected chi connectivity index (χ4v) is 2.51. The standard InChI is InChI=1S/C19H13ClF2N2O3/c20-13-4-1-3-12(9-13)11-27-24-8-2-5-15(19(24)26)18(25)23-14-6-7-16(21)17(22)10-14/h1-10H,11H2,(H,23,25). The predicted molar refractivity (Wildman–Crippen MR) is 96.7 cm³/mol. The highest BCUT2D eigenvalue weighted by Crippen LogP contribution is 2.14. The lowest BCUT2D eigenvalue weighted by Gasteiger charge is -2.10. The molecule has 1 N–H and O–H groups in total. The highest BCUT2D eigenvalue weighted by Gasteiger charge is 2.14. The van der Waals surface area contributed by atoms with Crippen LogP contribution < -0.4 is 15.7 Å². The van der Waals surface area contributed by atoms with Crippen LogP contribution in [0.2, 0.25) is 5.02 Å². The van der Waals surface area contributed by atoms with E-state index in [-0.39, 0.29) is 17.9 Å². The number of hydrogen-bond acceptors (Lipinski definition) is 3. The molecule has 0 aliphatic heterocycles. The first-order valence-corrected chi connectivity index (χ1v) is 8.17. The van der Waals surface area contributed by atoms with Crippen molar-refractivity contribution >= 4 is 23.2 Å². The summed E-state index contributed by atoms with van der Waals surface area (Å²) in [4.78, 5) is 30.1. The van der Waals surface area contributed by atoms with Gasteiger partial charge >= 0.3 is 0 Å². The monoisotopic (exact) mass is 390 g/mol. The first-order chi connectivity index (χ1) is 12.9. The average molecular weight is 391 g/mol. The number of carbonyl (C=O) groups excluding carboxylic acids is 1. The van der Waals surface area contributed by atoms with Gasteiger partial charge in [-0.1, -0.05) is 23.7 Å². The van der Waals surface area contributed by atoms with Gasteiger partial charge in [-0.15, -0.1) is 0 Å². The lowest BCUT2D eigenvalue weighted by atomic mass is 10.2. The van der Waals surface area contributed by atoms with Crippen LogP contribution in [-0.4, -0.2) is 10.6 Å². The third-order valence-electron chi connectivity index (χ3n) is 3.60. The zero-order valence-electron chi connectivity index (χ0n) is 13.8. The quantitative estimate of drug-likeness (QED) is 0.723. The van der Waals surface area contributed by atoms with Crippen molar-refractivity contribution in [3.63, 3.8) is 0 Å². The molecule has 0 saturated heterocycles. The number of benzene rings is 2. The van der Waals surface area contributed by atoms with Crippen LogP contribution in [0.1, 0.15) is 15.9 Å². The minimum atomic E-state index is -1.11. The molecule has 27 heavy (non-hydrogen) atoms. The summed E-state index contributed by atoms with van der Waals surface area (Å²) >= 11 is 5.90. The molecule has 1 heterocycles. The van der Waals surface area contributed by atoms with E-state index >= 15 is 0 Å². The van der Waals surface area contributed by atoms with Crippen LogP contribution in [0.3, 0.4) is 0 Å². The topological polar surface area (TPSA) is 60.3 Å². The van der Waals surface area contributed by atoms with E-state index in [9.17, 15) is 18.4 Å². The van der Waals surface area contributed by atoms with E-state index in [4.69, 9.17) is 16.4 Å². The van der Waals surface area contributed by atoms with Crippen molar-refractivity contribution in [2.75, 3.05) is 5.32 Å². The molecule has 0 aliphatic rings. The first kappa shape index (κ1) is 18.6. The van der Waals surface area contributed by atoms with E-state index in [0.717, 1.165) is 22.4 Å².